The van der Waals surface area contributed by atoms with Crippen LogP contribution in [0.25, 0.3) is 0 Å². The van der Waals surface area contributed by atoms with Gasteiger partial charge in [0, 0.05) is 12.1 Å². The molecular weight excluding hydrogens is 228 g/mol. The summed E-state index contributed by atoms with van der Waals surface area (Å²) in [6, 6.07) is 5.38. The zero-order chi connectivity index (χ0) is 13.8. The second kappa shape index (κ2) is 5.93. The summed E-state index contributed by atoms with van der Waals surface area (Å²) in [5.41, 5.74) is 3.40. The summed E-state index contributed by atoms with van der Waals surface area (Å²) in [4.78, 5) is 17.9. The second-order valence-corrected chi connectivity index (χ2v) is 5.01. The number of nitrogens with zero attached hydrogens (tertiary/aromatic N) is 2. The highest BCUT2D eigenvalue weighted by Crippen LogP contribution is 2.18. The van der Waals surface area contributed by atoms with Crippen LogP contribution in [0.5, 0.6) is 0 Å². The summed E-state index contributed by atoms with van der Waals surface area (Å²) in [5, 5.41) is 0. The molecule has 0 spiro atoms. The van der Waals surface area contributed by atoms with E-state index >= 15 is 0 Å². The minimum atomic E-state index is -0.366. The molecule has 0 radical (unpaired) electrons. The van der Waals surface area contributed by atoms with Gasteiger partial charge in [0.15, 0.2) is 0 Å². The maximum atomic E-state index is 11.4. The first-order valence-corrected chi connectivity index (χ1v) is 6.09. The van der Waals surface area contributed by atoms with Crippen LogP contribution in [0.15, 0.2) is 18.2 Å². The molecule has 18 heavy (non-hydrogen) atoms. The minimum Gasteiger partial charge on any atom is -0.295 e. The zero-order valence-corrected chi connectivity index (χ0v) is 11.5. The predicted molar refractivity (Wildman–Crippen MR) is 71.7 cm³/mol. The molecule has 5 heteroatoms. The van der Waals surface area contributed by atoms with Gasteiger partial charge in [0.25, 0.3) is 5.91 Å². The molecule has 0 unspecified atom stereocenters. The lowest BCUT2D eigenvalue weighted by Gasteiger charge is -2.34. The van der Waals surface area contributed by atoms with Crippen molar-refractivity contribution in [1.29, 1.82) is 0 Å². The lowest BCUT2D eigenvalue weighted by molar-refractivity contribution is 0.0947. The minimum absolute atomic E-state index is 0.105. The maximum absolute atomic E-state index is 11.4. The van der Waals surface area contributed by atoms with Gasteiger partial charge in [0.05, 0.1) is 5.69 Å². The lowest BCUT2D eigenvalue weighted by Crippen LogP contribution is -2.40. The van der Waals surface area contributed by atoms with Crippen LogP contribution in [0.2, 0.25) is 0 Å². The Morgan fingerprint density at radius 1 is 1.50 bits per heavy atom. The van der Waals surface area contributed by atoms with Crippen LogP contribution in [0, 0.1) is 0 Å². The molecule has 0 saturated heterocycles. The third-order valence-electron chi connectivity index (χ3n) is 3.47. The molecule has 5 nitrogen and oxygen atoms in total. The van der Waals surface area contributed by atoms with Crippen molar-refractivity contribution in [1.82, 2.24) is 15.3 Å². The largest absolute Gasteiger partial charge is 0.295 e. The first-order valence-electron chi connectivity index (χ1n) is 6.09. The van der Waals surface area contributed by atoms with Gasteiger partial charge in [0.1, 0.15) is 5.69 Å². The highest BCUT2D eigenvalue weighted by atomic mass is 16.2. The van der Waals surface area contributed by atoms with Gasteiger partial charge in [0.2, 0.25) is 0 Å². The summed E-state index contributed by atoms with van der Waals surface area (Å²) >= 11 is 0. The van der Waals surface area contributed by atoms with Gasteiger partial charge >= 0.3 is 0 Å². The van der Waals surface area contributed by atoms with Gasteiger partial charge in [-0.05, 0) is 39.4 Å². The van der Waals surface area contributed by atoms with E-state index in [-0.39, 0.29) is 11.4 Å². The van der Waals surface area contributed by atoms with E-state index in [1.807, 2.05) is 12.1 Å². The first-order chi connectivity index (χ1) is 8.40. The molecule has 1 aromatic rings. The Hall–Kier alpha value is -1.46. The van der Waals surface area contributed by atoms with Crippen molar-refractivity contribution in [3.05, 3.63) is 29.6 Å². The van der Waals surface area contributed by atoms with Crippen LogP contribution in [-0.2, 0) is 6.54 Å². The van der Waals surface area contributed by atoms with Gasteiger partial charge in [-0.25, -0.2) is 10.8 Å². The Morgan fingerprint density at radius 3 is 2.72 bits per heavy atom. The van der Waals surface area contributed by atoms with E-state index in [2.05, 4.69) is 43.1 Å². The lowest BCUT2D eigenvalue weighted by atomic mass is 10.00. The molecule has 0 aliphatic heterocycles. The van der Waals surface area contributed by atoms with E-state index in [4.69, 9.17) is 5.84 Å². The summed E-state index contributed by atoms with van der Waals surface area (Å²) in [5.74, 6) is 4.73. The van der Waals surface area contributed by atoms with Crippen molar-refractivity contribution in [2.75, 3.05) is 7.05 Å². The van der Waals surface area contributed by atoms with Crippen LogP contribution < -0.4 is 11.3 Å². The molecule has 0 aliphatic rings. The quantitative estimate of drug-likeness (QED) is 0.469. The number of nitrogens with one attached hydrogen (secondary N) is 1. The number of nitrogens with two attached hydrogens (primary N) is 1. The van der Waals surface area contributed by atoms with Crippen molar-refractivity contribution in [2.45, 2.75) is 39.3 Å². The number of carbonyl (C=O) groups is 1. The molecule has 1 heterocycles. The molecule has 1 aromatic heterocycles. The number of hydrazine groups is 1. The van der Waals surface area contributed by atoms with Crippen molar-refractivity contribution >= 4 is 5.91 Å². The number of carbonyl (C=O) groups excluding carboxylic acids is 1. The van der Waals surface area contributed by atoms with Gasteiger partial charge < -0.3 is 0 Å². The molecule has 1 rings (SSSR count). The standard InChI is InChI=1S/C13H22N4O/c1-5-13(2,3)17(4)9-10-7-6-8-11(15-10)12(18)16-14/h6-8H,5,9,14H2,1-4H3,(H,16,18). The Balaban J connectivity index is 2.83. The number of amides is 1. The molecule has 0 bridgehead atoms. The number of nitrogen functional groups attached to an aromatic ring is 1. The summed E-state index contributed by atoms with van der Waals surface area (Å²) in [6.45, 7) is 7.22. The van der Waals surface area contributed by atoms with Crippen molar-refractivity contribution < 1.29 is 4.79 Å². The van der Waals surface area contributed by atoms with E-state index in [0.717, 1.165) is 12.1 Å². The number of pyridine rings is 1. The topological polar surface area (TPSA) is 71.2 Å². The molecule has 100 valence electrons. The van der Waals surface area contributed by atoms with Crippen molar-refractivity contribution in [2.24, 2.45) is 5.84 Å². The number of hydrogen-bond donors (Lipinski definition) is 2. The Labute approximate surface area is 108 Å². The fraction of sp³-hybridized carbons (Fsp3) is 0.538. The van der Waals surface area contributed by atoms with Crippen LogP contribution in [0.1, 0.15) is 43.4 Å². The summed E-state index contributed by atoms with van der Waals surface area (Å²) in [7, 11) is 2.06. The fourth-order valence-corrected chi connectivity index (χ4v) is 1.49. The SMILES string of the molecule is CCC(C)(C)N(C)Cc1cccc(C(=O)NN)n1. The molecule has 0 saturated carbocycles. The average Bonchev–Trinajstić information content (AvgIpc) is 2.38. The van der Waals surface area contributed by atoms with Crippen LogP contribution in [0.3, 0.4) is 0 Å². The highest BCUT2D eigenvalue weighted by molar-refractivity contribution is 5.91. The zero-order valence-electron chi connectivity index (χ0n) is 11.5. The predicted octanol–water partition coefficient (Wildman–Crippen LogP) is 1.31. The summed E-state index contributed by atoms with van der Waals surface area (Å²) in [6.07, 6.45) is 1.05. The number of aromatic nitrogens is 1. The van der Waals surface area contributed by atoms with Gasteiger partial charge in [-0.1, -0.05) is 13.0 Å². The maximum Gasteiger partial charge on any atom is 0.283 e. The monoisotopic (exact) mass is 250 g/mol. The third kappa shape index (κ3) is 3.51. The number of rotatable bonds is 5. The molecule has 0 atom stereocenters. The average molecular weight is 250 g/mol. The first kappa shape index (κ1) is 14.6. The van der Waals surface area contributed by atoms with Crippen LogP contribution >= 0.6 is 0 Å². The van der Waals surface area contributed by atoms with E-state index in [1.54, 1.807) is 6.07 Å². The van der Waals surface area contributed by atoms with Gasteiger partial charge in [-0.3, -0.25) is 15.1 Å². The Morgan fingerprint density at radius 2 is 2.17 bits per heavy atom. The normalized spacial score (nSPS) is 11.7. The number of hydrogen-bond acceptors (Lipinski definition) is 4. The Bertz CT molecular complexity index is 417. The van der Waals surface area contributed by atoms with Gasteiger partial charge in [-0.15, -0.1) is 0 Å². The molecular formula is C13H22N4O. The molecule has 3 N–H and O–H groups in total. The van der Waals surface area contributed by atoms with E-state index in [9.17, 15) is 4.79 Å². The Kier molecular flexibility index (Phi) is 4.81. The van der Waals surface area contributed by atoms with Crippen LogP contribution in [-0.4, -0.2) is 28.4 Å². The second-order valence-electron chi connectivity index (χ2n) is 5.01. The van der Waals surface area contributed by atoms with Crippen LogP contribution in [0.4, 0.5) is 0 Å². The molecule has 0 aromatic carbocycles. The smallest absolute Gasteiger partial charge is 0.283 e. The third-order valence-corrected chi connectivity index (χ3v) is 3.47. The fourth-order valence-electron chi connectivity index (χ4n) is 1.49. The van der Waals surface area contributed by atoms with E-state index in [0.29, 0.717) is 12.2 Å². The van der Waals surface area contributed by atoms with E-state index < -0.39 is 0 Å². The molecule has 1 amide bonds. The van der Waals surface area contributed by atoms with Crippen molar-refractivity contribution in [3.8, 4) is 0 Å². The highest BCUT2D eigenvalue weighted by Gasteiger charge is 2.21. The summed E-state index contributed by atoms with van der Waals surface area (Å²) < 4.78 is 0. The van der Waals surface area contributed by atoms with Crippen molar-refractivity contribution in [3.63, 3.8) is 0 Å². The van der Waals surface area contributed by atoms with Gasteiger partial charge in [-0.2, -0.15) is 0 Å². The van der Waals surface area contributed by atoms with E-state index in [1.165, 1.54) is 0 Å². The molecule has 0 fully saturated rings. The molecule has 0 aliphatic carbocycles.